The first-order valence-corrected chi connectivity index (χ1v) is 6.87. The number of rotatable bonds is 3. The van der Waals surface area contributed by atoms with Gasteiger partial charge in [0.15, 0.2) is 5.16 Å². The Balaban J connectivity index is 2.45. The Kier molecular flexibility index (Phi) is 3.80. The molecule has 0 aliphatic carbocycles. The smallest absolute Gasteiger partial charge is 0.335 e. The number of carboxylic acid groups (broad SMARTS) is 1. The van der Waals surface area contributed by atoms with Crippen molar-refractivity contribution in [3.63, 3.8) is 0 Å². The Morgan fingerprint density at radius 3 is 2.55 bits per heavy atom. The zero-order chi connectivity index (χ0) is 14.9. The minimum Gasteiger partial charge on any atom is -0.478 e. The van der Waals surface area contributed by atoms with Crippen molar-refractivity contribution in [1.82, 2.24) is 19.7 Å². The number of carbonyl (C=O) groups is 1. The third kappa shape index (κ3) is 3.16. The fourth-order valence-corrected chi connectivity index (χ4v) is 2.33. The van der Waals surface area contributed by atoms with Crippen molar-refractivity contribution in [2.45, 2.75) is 36.4 Å². The van der Waals surface area contributed by atoms with Crippen LogP contribution in [0.4, 0.5) is 0 Å². The third-order valence-corrected chi connectivity index (χ3v) is 3.65. The van der Waals surface area contributed by atoms with Crippen molar-refractivity contribution in [2.24, 2.45) is 7.05 Å². The van der Waals surface area contributed by atoms with E-state index in [1.807, 2.05) is 20.8 Å². The molecule has 0 atom stereocenters. The normalized spacial score (nSPS) is 11.6. The van der Waals surface area contributed by atoms with Crippen LogP contribution in [0.1, 0.15) is 36.8 Å². The van der Waals surface area contributed by atoms with E-state index in [4.69, 9.17) is 0 Å². The number of hydrogen-bond donors (Lipinski definition) is 1. The van der Waals surface area contributed by atoms with Gasteiger partial charge in [-0.3, -0.25) is 0 Å². The summed E-state index contributed by atoms with van der Waals surface area (Å²) >= 11 is 1.30. The van der Waals surface area contributed by atoms with Crippen LogP contribution >= 0.6 is 11.8 Å². The van der Waals surface area contributed by atoms with Crippen molar-refractivity contribution in [3.05, 3.63) is 29.7 Å². The van der Waals surface area contributed by atoms with Crippen LogP contribution in [0.3, 0.4) is 0 Å². The van der Waals surface area contributed by atoms with Gasteiger partial charge >= 0.3 is 5.97 Å². The Morgan fingerprint density at radius 2 is 2.05 bits per heavy atom. The van der Waals surface area contributed by atoms with Crippen molar-refractivity contribution >= 4 is 17.7 Å². The molecule has 106 valence electrons. The molecule has 0 unspecified atom stereocenters. The second-order valence-corrected chi connectivity index (χ2v) is 6.39. The molecule has 0 saturated carbocycles. The zero-order valence-corrected chi connectivity index (χ0v) is 12.6. The average Bonchev–Trinajstić information content (AvgIpc) is 2.73. The number of aromatic carboxylic acids is 1. The minimum atomic E-state index is -0.960. The van der Waals surface area contributed by atoms with Gasteiger partial charge in [-0.15, -0.1) is 0 Å². The van der Waals surface area contributed by atoms with Crippen LogP contribution < -0.4 is 0 Å². The summed E-state index contributed by atoms with van der Waals surface area (Å²) in [5.74, 6) is -0.960. The van der Waals surface area contributed by atoms with Gasteiger partial charge in [0.25, 0.3) is 0 Å². The molecule has 2 aromatic rings. The molecule has 0 bridgehead atoms. The molecule has 0 aliphatic rings. The SMILES string of the molecule is Cn1ncnc1Sc1cc(C(=O)O)cc(C(C)(C)C)n1. The molecule has 7 heteroatoms. The van der Waals surface area contributed by atoms with E-state index >= 15 is 0 Å². The van der Waals surface area contributed by atoms with Gasteiger partial charge in [0, 0.05) is 18.2 Å². The van der Waals surface area contributed by atoms with Crippen molar-refractivity contribution in [3.8, 4) is 0 Å². The lowest BCUT2D eigenvalue weighted by atomic mass is 9.91. The van der Waals surface area contributed by atoms with Crippen molar-refractivity contribution < 1.29 is 9.90 Å². The van der Waals surface area contributed by atoms with Crippen LogP contribution in [-0.4, -0.2) is 30.8 Å². The Labute approximate surface area is 121 Å². The highest BCUT2D eigenvalue weighted by Gasteiger charge is 2.20. The Hall–Kier alpha value is -1.89. The number of hydrogen-bond acceptors (Lipinski definition) is 5. The summed E-state index contributed by atoms with van der Waals surface area (Å²) in [4.78, 5) is 19.9. The molecule has 0 aliphatic heterocycles. The number of aryl methyl sites for hydroxylation is 1. The molecule has 1 N–H and O–H groups in total. The fourth-order valence-electron chi connectivity index (χ4n) is 1.54. The van der Waals surface area contributed by atoms with Crippen LogP contribution in [0.5, 0.6) is 0 Å². The van der Waals surface area contributed by atoms with E-state index in [9.17, 15) is 9.90 Å². The van der Waals surface area contributed by atoms with Gasteiger partial charge in [-0.1, -0.05) is 20.8 Å². The molecular formula is C13H16N4O2S. The van der Waals surface area contributed by atoms with Gasteiger partial charge in [-0.2, -0.15) is 5.10 Å². The first-order chi connectivity index (χ1) is 9.27. The summed E-state index contributed by atoms with van der Waals surface area (Å²) in [5.41, 5.74) is 0.748. The van der Waals surface area contributed by atoms with E-state index in [0.29, 0.717) is 10.2 Å². The van der Waals surface area contributed by atoms with Crippen molar-refractivity contribution in [2.75, 3.05) is 0 Å². The fraction of sp³-hybridized carbons (Fsp3) is 0.385. The second-order valence-electron chi connectivity index (χ2n) is 5.40. The monoisotopic (exact) mass is 292 g/mol. The Morgan fingerprint density at radius 1 is 1.35 bits per heavy atom. The van der Waals surface area contributed by atoms with Gasteiger partial charge in [0.1, 0.15) is 11.4 Å². The second kappa shape index (κ2) is 5.24. The first kappa shape index (κ1) is 14.5. The molecule has 0 saturated heterocycles. The van der Waals surface area contributed by atoms with Crippen molar-refractivity contribution in [1.29, 1.82) is 0 Å². The van der Waals surface area contributed by atoms with Gasteiger partial charge in [-0.25, -0.2) is 19.4 Å². The summed E-state index contributed by atoms with van der Waals surface area (Å²) < 4.78 is 1.62. The zero-order valence-electron chi connectivity index (χ0n) is 11.8. The third-order valence-electron chi connectivity index (χ3n) is 2.68. The maximum Gasteiger partial charge on any atom is 0.335 e. The van der Waals surface area contributed by atoms with E-state index in [0.717, 1.165) is 5.69 Å². The molecule has 0 radical (unpaired) electrons. The van der Waals surface area contributed by atoms with E-state index in [-0.39, 0.29) is 11.0 Å². The van der Waals surface area contributed by atoms with E-state index in [1.54, 1.807) is 23.9 Å². The average molecular weight is 292 g/mol. The van der Waals surface area contributed by atoms with Crippen LogP contribution in [0.2, 0.25) is 0 Å². The lowest BCUT2D eigenvalue weighted by molar-refractivity contribution is 0.0696. The molecule has 2 aromatic heterocycles. The Bertz CT molecular complexity index is 646. The minimum absolute atomic E-state index is 0.222. The molecule has 0 spiro atoms. The molecule has 0 aromatic carbocycles. The van der Waals surface area contributed by atoms with Gasteiger partial charge in [-0.05, 0) is 23.9 Å². The lowest BCUT2D eigenvalue weighted by Crippen LogP contribution is -2.15. The maximum absolute atomic E-state index is 11.2. The summed E-state index contributed by atoms with van der Waals surface area (Å²) in [6, 6.07) is 3.17. The molecular weight excluding hydrogens is 276 g/mol. The van der Waals surface area contributed by atoms with E-state index in [2.05, 4.69) is 15.1 Å². The topological polar surface area (TPSA) is 80.9 Å². The molecule has 2 rings (SSSR count). The maximum atomic E-state index is 11.2. The summed E-state index contributed by atoms with van der Waals surface area (Å²) in [5, 5.41) is 14.5. The van der Waals surface area contributed by atoms with Crippen LogP contribution in [-0.2, 0) is 12.5 Å². The number of nitrogens with zero attached hydrogens (tertiary/aromatic N) is 4. The summed E-state index contributed by atoms with van der Waals surface area (Å²) in [6.07, 6.45) is 1.45. The van der Waals surface area contributed by atoms with E-state index < -0.39 is 5.97 Å². The van der Waals surface area contributed by atoms with Gasteiger partial charge < -0.3 is 5.11 Å². The number of carboxylic acids is 1. The predicted octanol–water partition coefficient (Wildman–Crippen LogP) is 2.36. The quantitative estimate of drug-likeness (QED) is 0.935. The molecule has 2 heterocycles. The highest BCUT2D eigenvalue weighted by molar-refractivity contribution is 7.99. The molecule has 0 amide bonds. The molecule has 20 heavy (non-hydrogen) atoms. The lowest BCUT2D eigenvalue weighted by Gasteiger charge is -2.19. The highest BCUT2D eigenvalue weighted by Crippen LogP contribution is 2.28. The van der Waals surface area contributed by atoms with Crippen LogP contribution in [0, 0.1) is 0 Å². The first-order valence-electron chi connectivity index (χ1n) is 6.05. The van der Waals surface area contributed by atoms with E-state index in [1.165, 1.54) is 18.1 Å². The predicted molar refractivity (Wildman–Crippen MR) is 75.0 cm³/mol. The van der Waals surface area contributed by atoms with Crippen LogP contribution in [0.15, 0.2) is 28.6 Å². The standard InChI is InChI=1S/C13H16N4O2S/c1-13(2,3)9-5-8(11(18)19)6-10(16-9)20-12-14-7-15-17(12)4/h5-7H,1-4H3,(H,18,19). The molecule has 0 fully saturated rings. The summed E-state index contributed by atoms with van der Waals surface area (Å²) in [7, 11) is 1.78. The number of pyridine rings is 1. The molecule has 6 nitrogen and oxygen atoms in total. The largest absolute Gasteiger partial charge is 0.478 e. The van der Waals surface area contributed by atoms with Gasteiger partial charge in [0.2, 0.25) is 0 Å². The summed E-state index contributed by atoms with van der Waals surface area (Å²) in [6.45, 7) is 5.99. The number of aromatic nitrogens is 4. The van der Waals surface area contributed by atoms with Gasteiger partial charge in [0.05, 0.1) is 5.56 Å². The highest BCUT2D eigenvalue weighted by atomic mass is 32.2. The van der Waals surface area contributed by atoms with Crippen LogP contribution in [0.25, 0.3) is 0 Å².